The quantitative estimate of drug-likeness (QED) is 0.714. The minimum absolute atomic E-state index is 0.294. The number of aryl methyl sites for hydroxylation is 3. The highest BCUT2D eigenvalue weighted by Gasteiger charge is 2.14. The lowest BCUT2D eigenvalue weighted by Gasteiger charge is -2.22. The first kappa shape index (κ1) is 16.2. The van der Waals surface area contributed by atoms with Crippen LogP contribution < -0.4 is 5.32 Å². The van der Waals surface area contributed by atoms with Crippen LogP contribution in [-0.4, -0.2) is 20.3 Å². The fourth-order valence-corrected chi connectivity index (χ4v) is 2.71. The van der Waals surface area contributed by atoms with Gasteiger partial charge in [0.2, 0.25) is 0 Å². The fraction of sp³-hybridized carbons (Fsp3) is 0.647. The zero-order valence-electron chi connectivity index (χ0n) is 13.2. The molecular formula is C17H29NO. The molecule has 1 N–H and O–H groups in total. The van der Waals surface area contributed by atoms with Crippen molar-refractivity contribution in [1.82, 2.24) is 5.32 Å². The predicted octanol–water partition coefficient (Wildman–Crippen LogP) is 4.08. The summed E-state index contributed by atoms with van der Waals surface area (Å²) in [6, 6.07) is 4.80. The van der Waals surface area contributed by atoms with Crippen LogP contribution in [0.1, 0.15) is 54.5 Å². The SMILES string of the molecule is CCCCCOCC(NC)c1c(C)cc(C)cc1C. The van der Waals surface area contributed by atoms with Gasteiger partial charge in [-0.3, -0.25) is 0 Å². The molecule has 2 heteroatoms. The van der Waals surface area contributed by atoms with E-state index in [4.69, 9.17) is 4.74 Å². The number of unbranched alkanes of at least 4 members (excludes halogenated alkanes) is 2. The van der Waals surface area contributed by atoms with Crippen LogP contribution in [0, 0.1) is 20.8 Å². The monoisotopic (exact) mass is 263 g/mol. The fourth-order valence-electron chi connectivity index (χ4n) is 2.71. The van der Waals surface area contributed by atoms with Crippen LogP contribution in [-0.2, 0) is 4.74 Å². The van der Waals surface area contributed by atoms with E-state index in [1.165, 1.54) is 41.5 Å². The minimum atomic E-state index is 0.294. The predicted molar refractivity (Wildman–Crippen MR) is 82.8 cm³/mol. The molecular weight excluding hydrogens is 234 g/mol. The van der Waals surface area contributed by atoms with Crippen molar-refractivity contribution in [2.24, 2.45) is 0 Å². The molecule has 1 aromatic rings. The molecule has 0 aliphatic heterocycles. The highest BCUT2D eigenvalue weighted by atomic mass is 16.5. The molecule has 0 aliphatic carbocycles. The Morgan fingerprint density at radius 3 is 2.26 bits per heavy atom. The smallest absolute Gasteiger partial charge is 0.0661 e. The first-order valence-corrected chi connectivity index (χ1v) is 7.42. The van der Waals surface area contributed by atoms with E-state index in [0.29, 0.717) is 6.04 Å². The summed E-state index contributed by atoms with van der Waals surface area (Å²) in [6.45, 7) is 10.4. The first-order valence-electron chi connectivity index (χ1n) is 7.42. The molecule has 0 aliphatic rings. The standard InChI is InChI=1S/C17H29NO/c1-6-7-8-9-19-12-16(18-5)17-14(3)10-13(2)11-15(17)4/h10-11,16,18H,6-9,12H2,1-5H3. The number of ether oxygens (including phenoxy) is 1. The van der Waals surface area contributed by atoms with Gasteiger partial charge in [-0.1, -0.05) is 37.5 Å². The van der Waals surface area contributed by atoms with Gasteiger partial charge in [-0.2, -0.15) is 0 Å². The third kappa shape index (κ3) is 4.96. The van der Waals surface area contributed by atoms with Gasteiger partial charge >= 0.3 is 0 Å². The summed E-state index contributed by atoms with van der Waals surface area (Å²) >= 11 is 0. The van der Waals surface area contributed by atoms with E-state index in [0.717, 1.165) is 13.2 Å². The van der Waals surface area contributed by atoms with Gasteiger partial charge in [0, 0.05) is 6.61 Å². The molecule has 0 amide bonds. The van der Waals surface area contributed by atoms with Crippen molar-refractivity contribution in [1.29, 1.82) is 0 Å². The van der Waals surface area contributed by atoms with Crippen molar-refractivity contribution in [2.75, 3.05) is 20.3 Å². The molecule has 1 unspecified atom stereocenters. The molecule has 0 heterocycles. The number of hydrogen-bond donors (Lipinski definition) is 1. The Kier molecular flexibility index (Phi) is 7.11. The third-order valence-corrected chi connectivity index (χ3v) is 3.61. The molecule has 2 nitrogen and oxygen atoms in total. The molecule has 1 aromatic carbocycles. The summed E-state index contributed by atoms with van der Waals surface area (Å²) in [4.78, 5) is 0. The van der Waals surface area contributed by atoms with Crippen molar-refractivity contribution in [3.05, 3.63) is 34.4 Å². The van der Waals surface area contributed by atoms with Gasteiger partial charge in [-0.15, -0.1) is 0 Å². The maximum Gasteiger partial charge on any atom is 0.0661 e. The van der Waals surface area contributed by atoms with Crippen LogP contribution in [0.25, 0.3) is 0 Å². The number of benzene rings is 1. The maximum atomic E-state index is 5.82. The van der Waals surface area contributed by atoms with Crippen molar-refractivity contribution in [2.45, 2.75) is 53.0 Å². The van der Waals surface area contributed by atoms with E-state index < -0.39 is 0 Å². The number of likely N-dealkylation sites (N-methyl/N-ethyl adjacent to an activating group) is 1. The Morgan fingerprint density at radius 1 is 1.11 bits per heavy atom. The van der Waals surface area contributed by atoms with Gasteiger partial charge in [0.25, 0.3) is 0 Å². The largest absolute Gasteiger partial charge is 0.379 e. The van der Waals surface area contributed by atoms with E-state index in [2.05, 4.69) is 45.1 Å². The highest BCUT2D eigenvalue weighted by Crippen LogP contribution is 2.23. The van der Waals surface area contributed by atoms with Crippen molar-refractivity contribution >= 4 is 0 Å². The van der Waals surface area contributed by atoms with Crippen molar-refractivity contribution in [3.8, 4) is 0 Å². The van der Waals surface area contributed by atoms with Crippen LogP contribution in [0.5, 0.6) is 0 Å². The zero-order chi connectivity index (χ0) is 14.3. The molecule has 0 fully saturated rings. The van der Waals surface area contributed by atoms with Gasteiger partial charge in [0.15, 0.2) is 0 Å². The summed E-state index contributed by atoms with van der Waals surface area (Å²) in [5.74, 6) is 0. The van der Waals surface area contributed by atoms with E-state index >= 15 is 0 Å². The third-order valence-electron chi connectivity index (χ3n) is 3.61. The van der Waals surface area contributed by atoms with Crippen LogP contribution in [0.4, 0.5) is 0 Å². The molecule has 0 radical (unpaired) electrons. The first-order chi connectivity index (χ1) is 9.10. The Balaban J connectivity index is 2.64. The van der Waals surface area contributed by atoms with E-state index in [1.807, 2.05) is 7.05 Å². The molecule has 0 saturated carbocycles. The zero-order valence-corrected chi connectivity index (χ0v) is 13.2. The second-order valence-corrected chi connectivity index (χ2v) is 5.44. The highest BCUT2D eigenvalue weighted by molar-refractivity contribution is 5.39. The van der Waals surface area contributed by atoms with Crippen LogP contribution in [0.15, 0.2) is 12.1 Å². The summed E-state index contributed by atoms with van der Waals surface area (Å²) in [5, 5.41) is 3.39. The average molecular weight is 263 g/mol. The molecule has 0 bridgehead atoms. The molecule has 1 rings (SSSR count). The van der Waals surface area contributed by atoms with Gasteiger partial charge in [0.1, 0.15) is 0 Å². The topological polar surface area (TPSA) is 21.3 Å². The summed E-state index contributed by atoms with van der Waals surface area (Å²) in [7, 11) is 2.01. The normalized spacial score (nSPS) is 12.7. The molecule has 0 aromatic heterocycles. The summed E-state index contributed by atoms with van der Waals surface area (Å²) in [6.07, 6.45) is 3.67. The Hall–Kier alpha value is -0.860. The number of hydrogen-bond acceptors (Lipinski definition) is 2. The van der Waals surface area contributed by atoms with E-state index in [1.54, 1.807) is 0 Å². The van der Waals surface area contributed by atoms with Crippen LogP contribution >= 0.6 is 0 Å². The van der Waals surface area contributed by atoms with E-state index in [-0.39, 0.29) is 0 Å². The average Bonchev–Trinajstić information content (AvgIpc) is 2.35. The molecule has 1 atom stereocenters. The molecule has 108 valence electrons. The summed E-state index contributed by atoms with van der Waals surface area (Å²) < 4.78 is 5.82. The van der Waals surface area contributed by atoms with Gasteiger partial charge in [-0.25, -0.2) is 0 Å². The van der Waals surface area contributed by atoms with Crippen LogP contribution in [0.3, 0.4) is 0 Å². The second kappa shape index (κ2) is 8.34. The molecule has 0 spiro atoms. The lowest BCUT2D eigenvalue weighted by molar-refractivity contribution is 0.110. The molecule has 0 saturated heterocycles. The maximum absolute atomic E-state index is 5.82. The van der Waals surface area contributed by atoms with Crippen molar-refractivity contribution in [3.63, 3.8) is 0 Å². The number of nitrogens with one attached hydrogen (secondary N) is 1. The van der Waals surface area contributed by atoms with Gasteiger partial charge < -0.3 is 10.1 Å². The van der Waals surface area contributed by atoms with Crippen molar-refractivity contribution < 1.29 is 4.74 Å². The van der Waals surface area contributed by atoms with Crippen LogP contribution in [0.2, 0.25) is 0 Å². The summed E-state index contributed by atoms with van der Waals surface area (Å²) in [5.41, 5.74) is 5.43. The second-order valence-electron chi connectivity index (χ2n) is 5.44. The van der Waals surface area contributed by atoms with E-state index in [9.17, 15) is 0 Å². The lowest BCUT2D eigenvalue weighted by Crippen LogP contribution is -2.24. The lowest BCUT2D eigenvalue weighted by atomic mass is 9.94. The Bertz CT molecular complexity index is 364. The molecule has 19 heavy (non-hydrogen) atoms. The minimum Gasteiger partial charge on any atom is -0.379 e. The Morgan fingerprint density at radius 2 is 1.74 bits per heavy atom. The Labute approximate surface area is 118 Å². The number of rotatable bonds is 8. The van der Waals surface area contributed by atoms with Gasteiger partial charge in [-0.05, 0) is 50.9 Å². The van der Waals surface area contributed by atoms with Gasteiger partial charge in [0.05, 0.1) is 12.6 Å².